The van der Waals surface area contributed by atoms with Gasteiger partial charge in [0.1, 0.15) is 0 Å². The van der Waals surface area contributed by atoms with Crippen molar-refractivity contribution in [3.8, 4) is 0 Å². The molecule has 0 bridgehead atoms. The van der Waals surface area contributed by atoms with E-state index < -0.39 is 5.51 Å². The fourth-order valence-corrected chi connectivity index (χ4v) is 2.89. The van der Waals surface area contributed by atoms with Gasteiger partial charge in [-0.2, -0.15) is 13.2 Å². The molecule has 0 saturated heterocycles. The molecule has 1 rings (SSSR count). The summed E-state index contributed by atoms with van der Waals surface area (Å²) in [6.45, 7) is 0.922. The van der Waals surface area contributed by atoms with Crippen LogP contribution < -0.4 is 0 Å². The Labute approximate surface area is 105 Å². The zero-order chi connectivity index (χ0) is 12.7. The molecule has 0 spiro atoms. The lowest BCUT2D eigenvalue weighted by molar-refractivity contribution is -0.0329. The Hall–Kier alpha value is 0.0600. The van der Waals surface area contributed by atoms with E-state index in [-0.39, 0.29) is 24.1 Å². The van der Waals surface area contributed by atoms with E-state index in [9.17, 15) is 13.2 Å². The van der Waals surface area contributed by atoms with Crippen LogP contribution in [-0.2, 0) is 0 Å². The third kappa shape index (κ3) is 6.52. The van der Waals surface area contributed by atoms with Gasteiger partial charge in [0.2, 0.25) is 0 Å². The predicted molar refractivity (Wildman–Crippen MR) is 64.0 cm³/mol. The van der Waals surface area contributed by atoms with E-state index in [2.05, 4.69) is 0 Å². The first-order chi connectivity index (χ1) is 8.03. The van der Waals surface area contributed by atoms with Gasteiger partial charge < -0.3 is 5.11 Å². The van der Waals surface area contributed by atoms with Crippen molar-refractivity contribution in [2.75, 3.05) is 25.4 Å². The SMILES string of the molecule is OCCN(CCSC(F)(F)F)C1CCCCC1. The number of hydrogen-bond donors (Lipinski definition) is 1. The van der Waals surface area contributed by atoms with Gasteiger partial charge >= 0.3 is 5.51 Å². The lowest BCUT2D eigenvalue weighted by atomic mass is 9.94. The molecule has 17 heavy (non-hydrogen) atoms. The summed E-state index contributed by atoms with van der Waals surface area (Å²) in [6.07, 6.45) is 5.63. The molecule has 0 aromatic heterocycles. The Bertz CT molecular complexity index is 207. The maximum Gasteiger partial charge on any atom is 0.441 e. The van der Waals surface area contributed by atoms with E-state index in [0.717, 1.165) is 25.7 Å². The highest BCUT2D eigenvalue weighted by Crippen LogP contribution is 2.30. The Morgan fingerprint density at radius 1 is 1.12 bits per heavy atom. The maximum atomic E-state index is 12.0. The van der Waals surface area contributed by atoms with Gasteiger partial charge in [-0.25, -0.2) is 0 Å². The van der Waals surface area contributed by atoms with Crippen LogP contribution in [0.25, 0.3) is 0 Å². The molecule has 0 amide bonds. The van der Waals surface area contributed by atoms with E-state index in [1.165, 1.54) is 6.42 Å². The van der Waals surface area contributed by atoms with Crippen LogP contribution in [0.5, 0.6) is 0 Å². The van der Waals surface area contributed by atoms with Crippen LogP contribution in [0.2, 0.25) is 0 Å². The Morgan fingerprint density at radius 3 is 2.29 bits per heavy atom. The summed E-state index contributed by atoms with van der Waals surface area (Å²) in [4.78, 5) is 2.01. The van der Waals surface area contributed by atoms with Crippen molar-refractivity contribution in [3.05, 3.63) is 0 Å². The number of nitrogens with zero attached hydrogens (tertiary/aromatic N) is 1. The number of aliphatic hydroxyl groups excluding tert-OH is 1. The monoisotopic (exact) mass is 271 g/mol. The lowest BCUT2D eigenvalue weighted by Gasteiger charge is -2.33. The van der Waals surface area contributed by atoms with Gasteiger partial charge in [0.05, 0.1) is 6.61 Å². The smallest absolute Gasteiger partial charge is 0.395 e. The third-order valence-corrected chi connectivity index (χ3v) is 3.84. The molecule has 0 atom stereocenters. The van der Waals surface area contributed by atoms with E-state index in [0.29, 0.717) is 19.1 Å². The number of halogens is 3. The van der Waals surface area contributed by atoms with Gasteiger partial charge in [-0.3, -0.25) is 4.90 Å². The molecule has 102 valence electrons. The normalized spacial score (nSPS) is 18.9. The molecule has 0 unspecified atom stereocenters. The van der Waals surface area contributed by atoms with Crippen molar-refractivity contribution in [1.29, 1.82) is 0 Å². The molecule has 1 saturated carbocycles. The van der Waals surface area contributed by atoms with Gasteiger partial charge in [0.15, 0.2) is 0 Å². The summed E-state index contributed by atoms with van der Waals surface area (Å²) in [5.41, 5.74) is -4.14. The first kappa shape index (κ1) is 15.1. The van der Waals surface area contributed by atoms with Gasteiger partial charge in [-0.15, -0.1) is 0 Å². The first-order valence-corrected chi connectivity index (χ1v) is 7.07. The number of hydrogen-bond acceptors (Lipinski definition) is 3. The number of rotatable bonds is 6. The lowest BCUT2D eigenvalue weighted by Crippen LogP contribution is -2.40. The van der Waals surface area contributed by atoms with Crippen molar-refractivity contribution < 1.29 is 18.3 Å². The zero-order valence-corrected chi connectivity index (χ0v) is 10.7. The average molecular weight is 271 g/mol. The van der Waals surface area contributed by atoms with Crippen LogP contribution in [0.3, 0.4) is 0 Å². The minimum absolute atomic E-state index is 0.0210. The summed E-state index contributed by atoms with van der Waals surface area (Å²) < 4.78 is 36.1. The quantitative estimate of drug-likeness (QED) is 0.803. The predicted octanol–water partition coefficient (Wildman–Crippen LogP) is 2.87. The minimum Gasteiger partial charge on any atom is -0.395 e. The average Bonchev–Trinajstić information content (AvgIpc) is 2.27. The fourth-order valence-electron chi connectivity index (χ4n) is 2.33. The standard InChI is InChI=1S/C11H20F3NOS/c12-11(13,14)17-9-7-15(6-8-16)10-4-2-1-3-5-10/h10,16H,1-9H2. The van der Waals surface area contributed by atoms with Crippen LogP contribution in [0.1, 0.15) is 32.1 Å². The molecule has 0 aromatic carbocycles. The van der Waals surface area contributed by atoms with Crippen molar-refractivity contribution in [3.63, 3.8) is 0 Å². The molecular weight excluding hydrogens is 251 g/mol. The molecule has 1 aliphatic carbocycles. The minimum atomic E-state index is -4.14. The fraction of sp³-hybridized carbons (Fsp3) is 1.00. The van der Waals surface area contributed by atoms with Gasteiger partial charge in [0.25, 0.3) is 0 Å². The molecular formula is C11H20F3NOS. The second kappa shape index (κ2) is 7.48. The molecule has 1 fully saturated rings. The Morgan fingerprint density at radius 2 is 1.76 bits per heavy atom. The topological polar surface area (TPSA) is 23.5 Å². The van der Waals surface area contributed by atoms with Crippen LogP contribution >= 0.6 is 11.8 Å². The molecule has 0 aliphatic heterocycles. The molecule has 1 aliphatic rings. The maximum absolute atomic E-state index is 12.0. The van der Waals surface area contributed by atoms with Crippen LogP contribution in [0.4, 0.5) is 13.2 Å². The summed E-state index contributed by atoms with van der Waals surface area (Å²) in [5.74, 6) is 0.0556. The molecule has 2 nitrogen and oxygen atoms in total. The largest absolute Gasteiger partial charge is 0.441 e. The van der Waals surface area contributed by atoms with E-state index in [1.54, 1.807) is 0 Å². The van der Waals surface area contributed by atoms with E-state index in [1.807, 2.05) is 4.90 Å². The summed E-state index contributed by atoms with van der Waals surface area (Å²) >= 11 is 0.0285. The van der Waals surface area contributed by atoms with Gasteiger partial charge in [-0.05, 0) is 24.6 Å². The number of thioether (sulfide) groups is 1. The number of alkyl halides is 3. The van der Waals surface area contributed by atoms with E-state index >= 15 is 0 Å². The van der Waals surface area contributed by atoms with Gasteiger partial charge in [-0.1, -0.05) is 19.3 Å². The molecule has 0 aromatic rings. The van der Waals surface area contributed by atoms with Crippen molar-refractivity contribution in [2.45, 2.75) is 43.7 Å². The molecule has 1 N–H and O–H groups in total. The van der Waals surface area contributed by atoms with Crippen LogP contribution in [0, 0.1) is 0 Å². The zero-order valence-electron chi connectivity index (χ0n) is 9.88. The summed E-state index contributed by atoms with van der Waals surface area (Å²) in [6, 6.07) is 0.365. The Kier molecular flexibility index (Phi) is 6.66. The van der Waals surface area contributed by atoms with Crippen molar-refractivity contribution in [1.82, 2.24) is 4.90 Å². The van der Waals surface area contributed by atoms with E-state index in [4.69, 9.17) is 5.11 Å². The van der Waals surface area contributed by atoms with Crippen molar-refractivity contribution >= 4 is 11.8 Å². The molecule has 0 radical (unpaired) electrons. The summed E-state index contributed by atoms with van der Waals surface area (Å²) in [5, 5.41) is 8.96. The summed E-state index contributed by atoms with van der Waals surface area (Å²) in [7, 11) is 0. The highest BCUT2D eigenvalue weighted by molar-refractivity contribution is 8.00. The Balaban J connectivity index is 2.31. The highest BCUT2D eigenvalue weighted by atomic mass is 32.2. The highest BCUT2D eigenvalue weighted by Gasteiger charge is 2.28. The first-order valence-electron chi connectivity index (χ1n) is 6.08. The molecule has 0 heterocycles. The number of aliphatic hydroxyl groups is 1. The van der Waals surface area contributed by atoms with Crippen LogP contribution in [-0.4, -0.2) is 47.0 Å². The second-order valence-electron chi connectivity index (χ2n) is 4.35. The van der Waals surface area contributed by atoms with Crippen LogP contribution in [0.15, 0.2) is 0 Å². The second-order valence-corrected chi connectivity index (χ2v) is 5.51. The third-order valence-electron chi connectivity index (χ3n) is 3.12. The van der Waals surface area contributed by atoms with Gasteiger partial charge in [0, 0.05) is 24.9 Å². The molecule has 6 heteroatoms. The van der Waals surface area contributed by atoms with Crippen molar-refractivity contribution in [2.24, 2.45) is 0 Å².